The number of nitrogens with zero attached hydrogens (tertiary/aromatic N) is 1. The lowest BCUT2D eigenvalue weighted by molar-refractivity contribution is -0.139. The molecule has 2 aromatic rings. The third kappa shape index (κ3) is 6.48. The van der Waals surface area contributed by atoms with Gasteiger partial charge in [-0.1, -0.05) is 11.8 Å². The average Bonchev–Trinajstić information content (AvgIpc) is 2.87. The molecule has 0 aromatic heterocycles. The monoisotopic (exact) mass is 499 g/mol. The van der Waals surface area contributed by atoms with Crippen LogP contribution in [0.4, 0.5) is 5.69 Å². The van der Waals surface area contributed by atoms with Crippen molar-refractivity contribution in [3.63, 3.8) is 0 Å². The second-order valence-electron chi connectivity index (χ2n) is 7.39. The molecule has 1 heterocycles. The Morgan fingerprint density at radius 2 is 1.71 bits per heavy atom. The molecule has 0 saturated heterocycles. The highest BCUT2D eigenvalue weighted by Crippen LogP contribution is 2.39. The predicted octanol–water partition coefficient (Wildman–Crippen LogP) is 3.92. The number of hydrogen-bond acceptors (Lipinski definition) is 9. The van der Waals surface area contributed by atoms with Crippen LogP contribution in [0.15, 0.2) is 58.7 Å². The highest BCUT2D eigenvalue weighted by molar-refractivity contribution is 8.14. The summed E-state index contributed by atoms with van der Waals surface area (Å²) < 4.78 is 21.3. The Hall–Kier alpha value is -3.66. The van der Waals surface area contributed by atoms with Crippen LogP contribution in [-0.2, 0) is 14.3 Å². The second-order valence-corrected chi connectivity index (χ2v) is 8.36. The minimum atomic E-state index is -0.677. The van der Waals surface area contributed by atoms with E-state index in [1.807, 2.05) is 6.07 Å². The third-order valence-electron chi connectivity index (χ3n) is 5.16. The summed E-state index contributed by atoms with van der Waals surface area (Å²) in [5, 5.41) is 6.48. The van der Waals surface area contributed by atoms with Crippen LogP contribution in [0.2, 0.25) is 0 Å². The fraction of sp³-hybridized carbons (Fsp3) is 0.320. The van der Waals surface area contributed by atoms with E-state index in [4.69, 9.17) is 23.9 Å². The minimum absolute atomic E-state index is 0.117. The van der Waals surface area contributed by atoms with Gasteiger partial charge in [0, 0.05) is 23.0 Å². The van der Waals surface area contributed by atoms with E-state index >= 15 is 0 Å². The molecule has 0 spiro atoms. The summed E-state index contributed by atoms with van der Waals surface area (Å²) in [6, 6.07) is 11.7. The average molecular weight is 500 g/mol. The molecule has 1 amide bonds. The first-order valence-electron chi connectivity index (χ1n) is 10.9. The molecule has 0 fully saturated rings. The van der Waals surface area contributed by atoms with Gasteiger partial charge >= 0.3 is 5.97 Å². The first-order valence-corrected chi connectivity index (χ1v) is 11.9. The number of carbonyl (C=O) groups excluding carboxylic acids is 2. The number of thioether (sulfide) groups is 1. The molecule has 1 aliphatic heterocycles. The maximum absolute atomic E-state index is 12.8. The van der Waals surface area contributed by atoms with Crippen LogP contribution in [0.25, 0.3) is 0 Å². The second kappa shape index (κ2) is 12.2. The van der Waals surface area contributed by atoms with Crippen molar-refractivity contribution in [1.82, 2.24) is 5.32 Å². The molecule has 2 aromatic carbocycles. The number of hydrogen-bond donors (Lipinski definition) is 2. The number of ether oxygens (including phenoxy) is 4. The van der Waals surface area contributed by atoms with Gasteiger partial charge in [0.05, 0.1) is 39.3 Å². The van der Waals surface area contributed by atoms with Gasteiger partial charge in [0.15, 0.2) is 5.17 Å². The van der Waals surface area contributed by atoms with Crippen LogP contribution < -0.4 is 24.8 Å². The van der Waals surface area contributed by atoms with Crippen molar-refractivity contribution in [2.24, 2.45) is 4.99 Å². The summed E-state index contributed by atoms with van der Waals surface area (Å²) in [6.45, 7) is 3.76. The molecular weight excluding hydrogens is 470 g/mol. The first kappa shape index (κ1) is 26.0. The molecular formula is C25H29N3O6S. The third-order valence-corrected chi connectivity index (χ3v) is 6.05. The van der Waals surface area contributed by atoms with Gasteiger partial charge < -0.3 is 29.6 Å². The number of benzene rings is 2. The number of amidine groups is 1. The number of rotatable bonds is 9. The Morgan fingerprint density at radius 3 is 2.34 bits per heavy atom. The SMILES string of the molecule is CCOC(=O)C1=C(C)NC(SCC(=O)Nc2ccc(OC)cc2)=N[C@H]1c1ccc(OC)cc1OC. The number of esters is 1. The Balaban J connectivity index is 1.82. The lowest BCUT2D eigenvalue weighted by atomic mass is 9.95. The highest BCUT2D eigenvalue weighted by atomic mass is 32.2. The molecule has 0 radical (unpaired) electrons. The number of allylic oxidation sites excluding steroid dienone is 1. The summed E-state index contributed by atoms with van der Waals surface area (Å²) in [6.07, 6.45) is 0. The number of carbonyl (C=O) groups is 2. The van der Waals surface area contributed by atoms with Crippen molar-refractivity contribution in [2.45, 2.75) is 19.9 Å². The summed E-state index contributed by atoms with van der Waals surface area (Å²) in [5.41, 5.74) is 2.32. The van der Waals surface area contributed by atoms with Crippen LogP contribution in [0.1, 0.15) is 25.5 Å². The molecule has 35 heavy (non-hydrogen) atoms. The van der Waals surface area contributed by atoms with E-state index in [1.165, 1.54) is 11.8 Å². The normalized spacial score (nSPS) is 15.0. The number of nitrogens with one attached hydrogen (secondary N) is 2. The first-order chi connectivity index (χ1) is 16.9. The van der Waals surface area contributed by atoms with E-state index in [0.29, 0.717) is 44.9 Å². The standard InChI is InChI=1S/C25H29N3O6S/c1-6-34-24(30)22-15(2)26-25(28-23(22)19-12-11-18(32-4)13-20(19)33-5)35-14-21(29)27-16-7-9-17(31-3)10-8-16/h7-13,23H,6,14H2,1-5H3,(H,26,28)(H,27,29)/t23-/m0/s1. The molecule has 0 unspecified atom stereocenters. The van der Waals surface area contributed by atoms with E-state index in [1.54, 1.807) is 71.6 Å². The quantitative estimate of drug-likeness (QED) is 0.500. The Kier molecular flexibility index (Phi) is 9.02. The van der Waals surface area contributed by atoms with Gasteiger partial charge in [-0.15, -0.1) is 0 Å². The zero-order valence-corrected chi connectivity index (χ0v) is 21.2. The number of aliphatic imine (C=N–C) groups is 1. The van der Waals surface area contributed by atoms with Gasteiger partial charge in [0.2, 0.25) is 5.91 Å². The van der Waals surface area contributed by atoms with Crippen molar-refractivity contribution >= 4 is 34.5 Å². The largest absolute Gasteiger partial charge is 0.497 e. The zero-order valence-electron chi connectivity index (χ0n) is 20.3. The van der Waals surface area contributed by atoms with Crippen molar-refractivity contribution in [3.8, 4) is 17.2 Å². The maximum atomic E-state index is 12.8. The molecule has 9 nitrogen and oxygen atoms in total. The molecule has 3 rings (SSSR count). The van der Waals surface area contributed by atoms with Gasteiger partial charge in [0.25, 0.3) is 0 Å². The molecule has 2 N–H and O–H groups in total. The van der Waals surface area contributed by atoms with Gasteiger partial charge in [-0.05, 0) is 50.2 Å². The Morgan fingerprint density at radius 1 is 1.03 bits per heavy atom. The summed E-state index contributed by atoms with van der Waals surface area (Å²) >= 11 is 1.23. The molecule has 0 saturated carbocycles. The highest BCUT2D eigenvalue weighted by Gasteiger charge is 2.32. The summed E-state index contributed by atoms with van der Waals surface area (Å²) in [4.78, 5) is 30.1. The summed E-state index contributed by atoms with van der Waals surface area (Å²) in [5.74, 6) is 1.30. The van der Waals surface area contributed by atoms with E-state index in [9.17, 15) is 9.59 Å². The van der Waals surface area contributed by atoms with E-state index in [0.717, 1.165) is 0 Å². The van der Waals surface area contributed by atoms with Crippen LogP contribution in [0.5, 0.6) is 17.2 Å². The van der Waals surface area contributed by atoms with Gasteiger partial charge in [-0.25, -0.2) is 9.79 Å². The molecule has 0 bridgehead atoms. The molecule has 186 valence electrons. The lowest BCUT2D eigenvalue weighted by Gasteiger charge is -2.26. The van der Waals surface area contributed by atoms with Crippen molar-refractivity contribution < 1.29 is 28.5 Å². The Bertz CT molecular complexity index is 1130. The topological polar surface area (TPSA) is 107 Å². The number of anilines is 1. The zero-order chi connectivity index (χ0) is 25.4. The number of amides is 1. The van der Waals surface area contributed by atoms with Crippen LogP contribution in [0, 0.1) is 0 Å². The van der Waals surface area contributed by atoms with E-state index in [-0.39, 0.29) is 18.3 Å². The van der Waals surface area contributed by atoms with Crippen LogP contribution in [0.3, 0.4) is 0 Å². The Labute approximate surface area is 208 Å². The van der Waals surface area contributed by atoms with Crippen molar-refractivity contribution in [2.75, 3.05) is 39.0 Å². The lowest BCUT2D eigenvalue weighted by Crippen LogP contribution is -2.31. The summed E-state index contributed by atoms with van der Waals surface area (Å²) in [7, 11) is 4.69. The van der Waals surface area contributed by atoms with Crippen molar-refractivity contribution in [3.05, 3.63) is 59.3 Å². The predicted molar refractivity (Wildman–Crippen MR) is 136 cm³/mol. The molecule has 10 heteroatoms. The molecule has 0 aliphatic carbocycles. The minimum Gasteiger partial charge on any atom is -0.497 e. The van der Waals surface area contributed by atoms with E-state index in [2.05, 4.69) is 10.6 Å². The molecule has 1 aliphatic rings. The smallest absolute Gasteiger partial charge is 0.338 e. The fourth-order valence-electron chi connectivity index (χ4n) is 3.47. The number of methoxy groups -OCH3 is 3. The van der Waals surface area contributed by atoms with Crippen molar-refractivity contribution in [1.29, 1.82) is 0 Å². The van der Waals surface area contributed by atoms with Gasteiger partial charge in [-0.2, -0.15) is 0 Å². The maximum Gasteiger partial charge on any atom is 0.338 e. The fourth-order valence-corrected chi connectivity index (χ4v) is 4.21. The van der Waals surface area contributed by atoms with E-state index < -0.39 is 12.0 Å². The molecule has 1 atom stereocenters. The van der Waals surface area contributed by atoms with Gasteiger partial charge in [-0.3, -0.25) is 4.79 Å². The van der Waals surface area contributed by atoms with Crippen LogP contribution >= 0.6 is 11.8 Å². The van der Waals surface area contributed by atoms with Gasteiger partial charge in [0.1, 0.15) is 23.3 Å². The van der Waals surface area contributed by atoms with Crippen LogP contribution in [-0.4, -0.2) is 50.7 Å².